The van der Waals surface area contributed by atoms with Crippen LogP contribution in [0.25, 0.3) is 0 Å². The van der Waals surface area contributed by atoms with Crippen molar-refractivity contribution in [3.63, 3.8) is 0 Å². The first kappa shape index (κ1) is 14.0. The normalized spacial score (nSPS) is 28.8. The maximum absolute atomic E-state index is 4.88. The Morgan fingerprint density at radius 1 is 1.44 bits per heavy atom. The summed E-state index contributed by atoms with van der Waals surface area (Å²) in [5.74, 6) is 1.46. The molecule has 0 amide bonds. The lowest BCUT2D eigenvalue weighted by Gasteiger charge is -2.38. The van der Waals surface area contributed by atoms with Crippen LogP contribution in [-0.2, 0) is 5.54 Å². The third-order valence-electron chi connectivity index (χ3n) is 4.54. The van der Waals surface area contributed by atoms with Crippen molar-refractivity contribution in [2.75, 3.05) is 7.05 Å². The second kappa shape index (κ2) is 5.70. The second-order valence-corrected chi connectivity index (χ2v) is 6.77. The van der Waals surface area contributed by atoms with Gasteiger partial charge in [0.1, 0.15) is 5.01 Å². The average molecular weight is 266 g/mol. The molecular formula is C15H26N2S. The molecule has 2 rings (SSSR count). The summed E-state index contributed by atoms with van der Waals surface area (Å²) in [6.45, 7) is 6.76. The fourth-order valence-corrected chi connectivity index (χ4v) is 4.17. The van der Waals surface area contributed by atoms with Gasteiger partial charge in [-0.1, -0.05) is 27.2 Å². The highest BCUT2D eigenvalue weighted by molar-refractivity contribution is 7.09. The van der Waals surface area contributed by atoms with Gasteiger partial charge < -0.3 is 5.32 Å². The zero-order valence-corrected chi connectivity index (χ0v) is 12.9. The minimum absolute atomic E-state index is 0.156. The van der Waals surface area contributed by atoms with Crippen LogP contribution in [0.15, 0.2) is 5.38 Å². The third-order valence-corrected chi connectivity index (χ3v) is 5.60. The minimum atomic E-state index is 0.156. The summed E-state index contributed by atoms with van der Waals surface area (Å²) >= 11 is 1.84. The fourth-order valence-electron chi connectivity index (χ4n) is 2.92. The summed E-state index contributed by atoms with van der Waals surface area (Å²) in [6, 6.07) is 0. The van der Waals surface area contributed by atoms with Crippen molar-refractivity contribution in [2.45, 2.75) is 64.3 Å². The highest BCUT2D eigenvalue weighted by atomic mass is 32.1. The third kappa shape index (κ3) is 2.62. The molecule has 0 atom stereocenters. The Bertz CT molecular complexity index is 376. The summed E-state index contributed by atoms with van der Waals surface area (Å²) in [5.41, 5.74) is 1.41. The molecule has 1 heterocycles. The molecule has 0 saturated heterocycles. The molecule has 3 heteroatoms. The van der Waals surface area contributed by atoms with Crippen molar-refractivity contribution in [3.8, 4) is 0 Å². The van der Waals surface area contributed by atoms with Crippen LogP contribution in [0.2, 0.25) is 0 Å². The first-order chi connectivity index (χ1) is 8.61. The number of hydrogen-bond acceptors (Lipinski definition) is 3. The maximum Gasteiger partial charge on any atom is 0.113 e. The lowest BCUT2D eigenvalue weighted by atomic mass is 9.76. The summed E-state index contributed by atoms with van der Waals surface area (Å²) in [6.07, 6.45) is 6.50. The number of thiazole rings is 1. The summed E-state index contributed by atoms with van der Waals surface area (Å²) < 4.78 is 0. The Morgan fingerprint density at radius 2 is 2.11 bits per heavy atom. The van der Waals surface area contributed by atoms with E-state index in [9.17, 15) is 0 Å². The SMILES string of the molecule is CCC1CCC(NC)(c2nc(C(C)C)cs2)CC1. The molecule has 0 unspecified atom stereocenters. The molecule has 0 spiro atoms. The predicted octanol–water partition coefficient (Wildman–Crippen LogP) is 4.28. The van der Waals surface area contributed by atoms with E-state index in [1.807, 2.05) is 11.3 Å². The van der Waals surface area contributed by atoms with Gasteiger partial charge in [-0.3, -0.25) is 0 Å². The van der Waals surface area contributed by atoms with E-state index in [1.165, 1.54) is 42.8 Å². The van der Waals surface area contributed by atoms with E-state index in [-0.39, 0.29) is 5.54 Å². The molecule has 1 aromatic rings. The molecule has 1 saturated carbocycles. The molecular weight excluding hydrogens is 240 g/mol. The van der Waals surface area contributed by atoms with Gasteiger partial charge in [0.25, 0.3) is 0 Å². The molecule has 1 N–H and O–H groups in total. The Labute approximate surface area is 115 Å². The van der Waals surface area contributed by atoms with E-state index in [0.29, 0.717) is 5.92 Å². The summed E-state index contributed by atoms with van der Waals surface area (Å²) in [4.78, 5) is 4.88. The van der Waals surface area contributed by atoms with Crippen LogP contribution < -0.4 is 5.32 Å². The van der Waals surface area contributed by atoms with Gasteiger partial charge in [0.2, 0.25) is 0 Å². The van der Waals surface area contributed by atoms with Crippen molar-refractivity contribution in [3.05, 3.63) is 16.1 Å². The molecule has 0 aromatic carbocycles. The summed E-state index contributed by atoms with van der Waals surface area (Å²) in [5, 5.41) is 7.13. The first-order valence-corrected chi connectivity index (χ1v) is 8.14. The topological polar surface area (TPSA) is 24.9 Å². The van der Waals surface area contributed by atoms with Crippen molar-refractivity contribution < 1.29 is 0 Å². The fraction of sp³-hybridized carbons (Fsp3) is 0.800. The van der Waals surface area contributed by atoms with Crippen LogP contribution in [0, 0.1) is 5.92 Å². The van der Waals surface area contributed by atoms with Gasteiger partial charge in [-0.15, -0.1) is 11.3 Å². The Balaban J connectivity index is 2.17. The molecule has 0 aliphatic heterocycles. The maximum atomic E-state index is 4.88. The lowest BCUT2D eigenvalue weighted by molar-refractivity contribution is 0.195. The number of rotatable bonds is 4. The van der Waals surface area contributed by atoms with Crippen LogP contribution in [0.1, 0.15) is 69.5 Å². The molecule has 0 bridgehead atoms. The van der Waals surface area contributed by atoms with Gasteiger partial charge in [-0.2, -0.15) is 0 Å². The molecule has 1 aromatic heterocycles. The van der Waals surface area contributed by atoms with E-state index in [1.54, 1.807) is 0 Å². The number of nitrogens with one attached hydrogen (secondary N) is 1. The highest BCUT2D eigenvalue weighted by Gasteiger charge is 2.37. The molecule has 18 heavy (non-hydrogen) atoms. The molecule has 1 aliphatic rings. The largest absolute Gasteiger partial charge is 0.308 e. The number of hydrogen-bond donors (Lipinski definition) is 1. The van der Waals surface area contributed by atoms with E-state index in [4.69, 9.17) is 4.98 Å². The van der Waals surface area contributed by atoms with Crippen molar-refractivity contribution in [2.24, 2.45) is 5.92 Å². The molecule has 1 fully saturated rings. The van der Waals surface area contributed by atoms with Crippen LogP contribution in [0.5, 0.6) is 0 Å². The van der Waals surface area contributed by atoms with Gasteiger partial charge in [-0.05, 0) is 44.6 Å². The Kier molecular flexibility index (Phi) is 4.44. The average Bonchev–Trinajstić information content (AvgIpc) is 2.89. The molecule has 2 nitrogen and oxygen atoms in total. The van der Waals surface area contributed by atoms with E-state index >= 15 is 0 Å². The van der Waals surface area contributed by atoms with Crippen LogP contribution in [0.4, 0.5) is 0 Å². The van der Waals surface area contributed by atoms with Gasteiger partial charge in [0.05, 0.1) is 11.2 Å². The second-order valence-electron chi connectivity index (χ2n) is 5.92. The highest BCUT2D eigenvalue weighted by Crippen LogP contribution is 2.41. The molecule has 102 valence electrons. The number of aromatic nitrogens is 1. The standard InChI is InChI=1S/C15H26N2S/c1-5-12-6-8-15(16-4,9-7-12)14-17-13(10-18-14)11(2)3/h10-12,16H,5-9H2,1-4H3. The number of nitrogens with zero attached hydrogens (tertiary/aromatic N) is 1. The minimum Gasteiger partial charge on any atom is -0.308 e. The van der Waals surface area contributed by atoms with Crippen molar-refractivity contribution in [1.29, 1.82) is 0 Å². The van der Waals surface area contributed by atoms with Gasteiger partial charge in [-0.25, -0.2) is 4.98 Å². The van der Waals surface area contributed by atoms with Gasteiger partial charge in [0.15, 0.2) is 0 Å². The van der Waals surface area contributed by atoms with E-state index < -0.39 is 0 Å². The first-order valence-electron chi connectivity index (χ1n) is 7.26. The molecule has 0 radical (unpaired) electrons. The van der Waals surface area contributed by atoms with Gasteiger partial charge in [0, 0.05) is 5.38 Å². The zero-order chi connectivity index (χ0) is 13.2. The lowest BCUT2D eigenvalue weighted by Crippen LogP contribution is -2.43. The smallest absolute Gasteiger partial charge is 0.113 e. The van der Waals surface area contributed by atoms with E-state index in [0.717, 1.165) is 5.92 Å². The monoisotopic (exact) mass is 266 g/mol. The quantitative estimate of drug-likeness (QED) is 0.879. The predicted molar refractivity (Wildman–Crippen MR) is 79.2 cm³/mol. The Morgan fingerprint density at radius 3 is 2.56 bits per heavy atom. The van der Waals surface area contributed by atoms with Crippen molar-refractivity contribution in [1.82, 2.24) is 10.3 Å². The zero-order valence-electron chi connectivity index (χ0n) is 12.1. The van der Waals surface area contributed by atoms with Crippen LogP contribution in [-0.4, -0.2) is 12.0 Å². The van der Waals surface area contributed by atoms with Crippen molar-refractivity contribution >= 4 is 11.3 Å². The van der Waals surface area contributed by atoms with E-state index in [2.05, 4.69) is 38.5 Å². The Hall–Kier alpha value is -0.410. The van der Waals surface area contributed by atoms with Gasteiger partial charge >= 0.3 is 0 Å². The van der Waals surface area contributed by atoms with Crippen LogP contribution >= 0.6 is 11.3 Å². The van der Waals surface area contributed by atoms with Crippen LogP contribution in [0.3, 0.4) is 0 Å². The summed E-state index contributed by atoms with van der Waals surface area (Å²) in [7, 11) is 2.10. The molecule has 1 aliphatic carbocycles.